The second-order valence-corrected chi connectivity index (χ2v) is 3.86. The van der Waals surface area contributed by atoms with Crippen molar-refractivity contribution < 1.29 is 0 Å². The average molecular weight is 215 g/mol. The van der Waals surface area contributed by atoms with Crippen LogP contribution in [0.15, 0.2) is 36.5 Å². The van der Waals surface area contributed by atoms with Gasteiger partial charge in [0.1, 0.15) is 0 Å². The number of nitrogens with one attached hydrogen (secondary N) is 2. The summed E-state index contributed by atoms with van der Waals surface area (Å²) in [4.78, 5) is 0. The Morgan fingerprint density at radius 1 is 1.06 bits per heavy atom. The summed E-state index contributed by atoms with van der Waals surface area (Å²) in [7, 11) is 0. The third-order valence-electron chi connectivity index (χ3n) is 2.63. The molecule has 0 saturated carbocycles. The van der Waals surface area contributed by atoms with Crippen LogP contribution < -0.4 is 5.32 Å². The molecule has 2 rings (SSSR count). The molecule has 0 spiro atoms. The van der Waals surface area contributed by atoms with Gasteiger partial charge in [0.15, 0.2) is 0 Å². The predicted octanol–water partition coefficient (Wildman–Crippen LogP) is 2.26. The SMILES string of the molecule is CCc1ccc(CNCc2ccn[nH]2)cc1. The number of hydrogen-bond acceptors (Lipinski definition) is 2. The van der Waals surface area contributed by atoms with Crippen molar-refractivity contribution in [3.8, 4) is 0 Å². The smallest absolute Gasteiger partial charge is 0.0490 e. The number of aromatic nitrogens is 2. The molecule has 0 aliphatic heterocycles. The van der Waals surface area contributed by atoms with Gasteiger partial charge in [-0.15, -0.1) is 0 Å². The minimum atomic E-state index is 0.829. The van der Waals surface area contributed by atoms with Crippen molar-refractivity contribution in [2.75, 3.05) is 0 Å². The Balaban J connectivity index is 1.81. The Bertz CT molecular complexity index is 403. The van der Waals surface area contributed by atoms with E-state index in [0.717, 1.165) is 25.2 Å². The molecular weight excluding hydrogens is 198 g/mol. The van der Waals surface area contributed by atoms with Gasteiger partial charge in [-0.3, -0.25) is 5.10 Å². The largest absolute Gasteiger partial charge is 0.307 e. The summed E-state index contributed by atoms with van der Waals surface area (Å²) >= 11 is 0. The third-order valence-corrected chi connectivity index (χ3v) is 2.63. The maximum absolute atomic E-state index is 3.91. The predicted molar refractivity (Wildman–Crippen MR) is 65.0 cm³/mol. The fourth-order valence-electron chi connectivity index (χ4n) is 1.62. The number of aryl methyl sites for hydroxylation is 1. The highest BCUT2D eigenvalue weighted by atomic mass is 15.1. The van der Waals surface area contributed by atoms with Crippen LogP contribution in [0, 0.1) is 0 Å². The fraction of sp³-hybridized carbons (Fsp3) is 0.308. The van der Waals surface area contributed by atoms with Crippen molar-refractivity contribution in [3.63, 3.8) is 0 Å². The lowest BCUT2D eigenvalue weighted by atomic mass is 10.1. The van der Waals surface area contributed by atoms with Crippen molar-refractivity contribution in [1.29, 1.82) is 0 Å². The maximum atomic E-state index is 3.91. The van der Waals surface area contributed by atoms with Crippen LogP contribution >= 0.6 is 0 Å². The van der Waals surface area contributed by atoms with Gasteiger partial charge in [0.2, 0.25) is 0 Å². The van der Waals surface area contributed by atoms with Crippen molar-refractivity contribution in [2.45, 2.75) is 26.4 Å². The van der Waals surface area contributed by atoms with Gasteiger partial charge in [-0.25, -0.2) is 0 Å². The number of benzene rings is 1. The number of aromatic amines is 1. The van der Waals surface area contributed by atoms with Gasteiger partial charge in [0, 0.05) is 25.0 Å². The van der Waals surface area contributed by atoms with E-state index in [4.69, 9.17) is 0 Å². The first-order valence-electron chi connectivity index (χ1n) is 5.65. The van der Waals surface area contributed by atoms with Gasteiger partial charge in [-0.05, 0) is 23.6 Å². The molecule has 1 aromatic carbocycles. The fourth-order valence-corrected chi connectivity index (χ4v) is 1.62. The van der Waals surface area contributed by atoms with Crippen LogP contribution in [0.3, 0.4) is 0 Å². The average Bonchev–Trinajstić information content (AvgIpc) is 2.83. The summed E-state index contributed by atoms with van der Waals surface area (Å²) in [5.41, 5.74) is 3.82. The van der Waals surface area contributed by atoms with Crippen LogP contribution in [0.1, 0.15) is 23.7 Å². The van der Waals surface area contributed by atoms with Gasteiger partial charge < -0.3 is 5.32 Å². The lowest BCUT2D eigenvalue weighted by Crippen LogP contribution is -2.12. The van der Waals surface area contributed by atoms with E-state index < -0.39 is 0 Å². The molecule has 16 heavy (non-hydrogen) atoms. The monoisotopic (exact) mass is 215 g/mol. The van der Waals surface area contributed by atoms with E-state index in [1.807, 2.05) is 6.07 Å². The zero-order valence-corrected chi connectivity index (χ0v) is 9.53. The molecule has 1 heterocycles. The molecule has 0 unspecified atom stereocenters. The maximum Gasteiger partial charge on any atom is 0.0490 e. The van der Waals surface area contributed by atoms with Crippen LogP contribution in [0.2, 0.25) is 0 Å². The zero-order chi connectivity index (χ0) is 11.2. The van der Waals surface area contributed by atoms with Crippen LogP contribution in [0.5, 0.6) is 0 Å². The molecule has 3 nitrogen and oxygen atoms in total. The summed E-state index contributed by atoms with van der Waals surface area (Å²) in [5, 5.41) is 10.2. The van der Waals surface area contributed by atoms with E-state index in [0.29, 0.717) is 0 Å². The Morgan fingerprint density at radius 3 is 2.44 bits per heavy atom. The normalized spacial score (nSPS) is 10.6. The van der Waals surface area contributed by atoms with E-state index >= 15 is 0 Å². The number of H-pyrrole nitrogens is 1. The Morgan fingerprint density at radius 2 is 1.81 bits per heavy atom. The molecule has 0 saturated heterocycles. The lowest BCUT2D eigenvalue weighted by Gasteiger charge is -2.04. The van der Waals surface area contributed by atoms with Gasteiger partial charge in [-0.2, -0.15) is 5.10 Å². The third kappa shape index (κ3) is 2.94. The highest BCUT2D eigenvalue weighted by molar-refractivity contribution is 5.22. The number of rotatable bonds is 5. The quantitative estimate of drug-likeness (QED) is 0.803. The summed E-state index contributed by atoms with van der Waals surface area (Å²) in [5.74, 6) is 0. The van der Waals surface area contributed by atoms with Gasteiger partial charge >= 0.3 is 0 Å². The first-order chi connectivity index (χ1) is 7.88. The molecule has 0 radical (unpaired) electrons. The molecule has 84 valence electrons. The molecule has 2 aromatic rings. The molecule has 0 amide bonds. The summed E-state index contributed by atoms with van der Waals surface area (Å²) in [6.45, 7) is 3.89. The van der Waals surface area contributed by atoms with Crippen LogP contribution in [-0.4, -0.2) is 10.2 Å². The van der Waals surface area contributed by atoms with E-state index in [2.05, 4.69) is 46.7 Å². The molecule has 3 heteroatoms. The van der Waals surface area contributed by atoms with E-state index in [1.165, 1.54) is 11.1 Å². The van der Waals surface area contributed by atoms with Crippen LogP contribution in [-0.2, 0) is 19.5 Å². The molecule has 0 aliphatic carbocycles. The highest BCUT2D eigenvalue weighted by Gasteiger charge is 1.95. The molecule has 0 bridgehead atoms. The van der Waals surface area contributed by atoms with E-state index in [9.17, 15) is 0 Å². The van der Waals surface area contributed by atoms with Gasteiger partial charge in [0.05, 0.1) is 0 Å². The molecule has 0 aliphatic rings. The highest BCUT2D eigenvalue weighted by Crippen LogP contribution is 2.04. The summed E-state index contributed by atoms with van der Waals surface area (Å²) < 4.78 is 0. The van der Waals surface area contributed by atoms with E-state index in [1.54, 1.807) is 6.20 Å². The zero-order valence-electron chi connectivity index (χ0n) is 9.53. The first-order valence-corrected chi connectivity index (χ1v) is 5.65. The first kappa shape index (κ1) is 10.9. The van der Waals surface area contributed by atoms with Crippen LogP contribution in [0.25, 0.3) is 0 Å². The second kappa shape index (κ2) is 5.47. The number of nitrogens with zero attached hydrogens (tertiary/aromatic N) is 1. The molecular formula is C13H17N3. The van der Waals surface area contributed by atoms with Crippen molar-refractivity contribution in [2.24, 2.45) is 0 Å². The summed E-state index contributed by atoms with van der Waals surface area (Å²) in [6, 6.07) is 10.7. The van der Waals surface area contributed by atoms with Crippen molar-refractivity contribution in [3.05, 3.63) is 53.3 Å². The molecule has 1 aromatic heterocycles. The van der Waals surface area contributed by atoms with Crippen molar-refractivity contribution >= 4 is 0 Å². The molecule has 0 atom stereocenters. The standard InChI is InChI=1S/C13H17N3/c1-2-11-3-5-12(6-4-11)9-14-10-13-7-8-15-16-13/h3-8,14H,2,9-10H2,1H3,(H,15,16). The van der Waals surface area contributed by atoms with Gasteiger partial charge in [-0.1, -0.05) is 31.2 Å². The Kier molecular flexibility index (Phi) is 3.72. The van der Waals surface area contributed by atoms with Crippen LogP contribution in [0.4, 0.5) is 0 Å². The minimum absolute atomic E-state index is 0.829. The van der Waals surface area contributed by atoms with Crippen molar-refractivity contribution in [1.82, 2.24) is 15.5 Å². The second-order valence-electron chi connectivity index (χ2n) is 3.86. The molecule has 2 N–H and O–H groups in total. The number of hydrogen-bond donors (Lipinski definition) is 2. The van der Waals surface area contributed by atoms with E-state index in [-0.39, 0.29) is 0 Å². The Hall–Kier alpha value is -1.61. The minimum Gasteiger partial charge on any atom is -0.307 e. The Labute approximate surface area is 95.9 Å². The summed E-state index contributed by atoms with van der Waals surface area (Å²) in [6.07, 6.45) is 2.87. The topological polar surface area (TPSA) is 40.7 Å². The van der Waals surface area contributed by atoms with Gasteiger partial charge in [0.25, 0.3) is 0 Å². The molecule has 0 fully saturated rings. The lowest BCUT2D eigenvalue weighted by molar-refractivity contribution is 0.677.